The topological polar surface area (TPSA) is 46.2 Å². The summed E-state index contributed by atoms with van der Waals surface area (Å²) in [6.07, 6.45) is 0. The van der Waals surface area contributed by atoms with Crippen LogP contribution in [0.15, 0.2) is 0 Å². The number of hydrogen-bond donors (Lipinski definition) is 1. The van der Waals surface area contributed by atoms with Crippen LogP contribution in [0.3, 0.4) is 0 Å². The predicted octanol–water partition coefficient (Wildman–Crippen LogP) is 0.635. The molecule has 3 nitrogen and oxygen atoms in total. The SMILES string of the molecule is CCS(=O)(=O)C(C)SNC. The normalized spacial score (nSPS) is 15.1. The first-order valence-corrected chi connectivity index (χ1v) is 5.68. The van der Waals surface area contributed by atoms with Gasteiger partial charge in [0.15, 0.2) is 9.84 Å². The highest BCUT2D eigenvalue weighted by atomic mass is 32.3. The Morgan fingerprint density at radius 2 is 2.10 bits per heavy atom. The second-order valence-electron chi connectivity index (χ2n) is 1.84. The van der Waals surface area contributed by atoms with Gasteiger partial charge in [-0.25, -0.2) is 8.42 Å². The molecule has 0 radical (unpaired) electrons. The lowest BCUT2D eigenvalue weighted by Gasteiger charge is -2.08. The Labute approximate surface area is 66.6 Å². The molecule has 0 aliphatic rings. The molecular weight excluding hydrogens is 170 g/mol. The van der Waals surface area contributed by atoms with Crippen molar-refractivity contribution in [1.82, 2.24) is 4.72 Å². The molecule has 0 fully saturated rings. The molecule has 5 heteroatoms. The Morgan fingerprint density at radius 1 is 1.60 bits per heavy atom. The molecule has 1 atom stereocenters. The smallest absolute Gasteiger partial charge is 0.163 e. The van der Waals surface area contributed by atoms with Crippen LogP contribution in [0, 0.1) is 0 Å². The van der Waals surface area contributed by atoms with E-state index in [1.165, 1.54) is 11.9 Å². The third-order valence-electron chi connectivity index (χ3n) is 1.19. The molecule has 0 rings (SSSR count). The molecule has 0 aliphatic carbocycles. The summed E-state index contributed by atoms with van der Waals surface area (Å²) in [7, 11) is -1.15. The lowest BCUT2D eigenvalue weighted by molar-refractivity contribution is 0.596. The average Bonchev–Trinajstić information content (AvgIpc) is 1.89. The van der Waals surface area contributed by atoms with Crippen LogP contribution >= 0.6 is 11.9 Å². The molecule has 0 aromatic heterocycles. The van der Waals surface area contributed by atoms with Crippen LogP contribution in [0.2, 0.25) is 0 Å². The molecule has 0 amide bonds. The molecule has 10 heavy (non-hydrogen) atoms. The van der Waals surface area contributed by atoms with Crippen molar-refractivity contribution in [3.8, 4) is 0 Å². The maximum Gasteiger partial charge on any atom is 0.163 e. The van der Waals surface area contributed by atoms with Gasteiger partial charge in [-0.2, -0.15) is 0 Å². The summed E-state index contributed by atoms with van der Waals surface area (Å²) in [5, 5.41) is 0. The second-order valence-corrected chi connectivity index (χ2v) is 6.10. The van der Waals surface area contributed by atoms with Gasteiger partial charge in [0.25, 0.3) is 0 Å². The van der Waals surface area contributed by atoms with E-state index in [4.69, 9.17) is 0 Å². The Morgan fingerprint density at radius 3 is 2.40 bits per heavy atom. The quantitative estimate of drug-likeness (QED) is 0.650. The van der Waals surface area contributed by atoms with Crippen molar-refractivity contribution in [1.29, 1.82) is 0 Å². The van der Waals surface area contributed by atoms with Crippen LogP contribution in [0.25, 0.3) is 0 Å². The van der Waals surface area contributed by atoms with E-state index in [0.29, 0.717) is 0 Å². The van der Waals surface area contributed by atoms with Crippen molar-refractivity contribution < 1.29 is 8.42 Å². The number of sulfone groups is 1. The van der Waals surface area contributed by atoms with E-state index >= 15 is 0 Å². The Bertz CT molecular complexity index is 176. The zero-order chi connectivity index (χ0) is 8.20. The van der Waals surface area contributed by atoms with Gasteiger partial charge in [0.2, 0.25) is 0 Å². The molecule has 62 valence electrons. The summed E-state index contributed by atoms with van der Waals surface area (Å²) < 4.78 is 24.5. The van der Waals surface area contributed by atoms with Crippen molar-refractivity contribution in [2.75, 3.05) is 12.8 Å². The summed E-state index contributed by atoms with van der Waals surface area (Å²) in [4.78, 5) is 0. The maximum absolute atomic E-state index is 11.0. The van der Waals surface area contributed by atoms with Gasteiger partial charge in [0.05, 0.1) is 0 Å². The van der Waals surface area contributed by atoms with E-state index in [-0.39, 0.29) is 10.3 Å². The van der Waals surface area contributed by atoms with Crippen LogP contribution < -0.4 is 4.72 Å². The highest BCUT2D eigenvalue weighted by Gasteiger charge is 2.17. The van der Waals surface area contributed by atoms with E-state index in [2.05, 4.69) is 4.72 Å². The number of nitrogens with one attached hydrogen (secondary N) is 1. The molecule has 1 N–H and O–H groups in total. The standard InChI is InChI=1S/C5H13NO2S2/c1-4-10(7,8)5(2)9-6-3/h5-6H,4H2,1-3H3. The fourth-order valence-electron chi connectivity index (χ4n) is 0.474. The van der Waals surface area contributed by atoms with Gasteiger partial charge in [0, 0.05) is 5.75 Å². The van der Waals surface area contributed by atoms with Crippen LogP contribution in [-0.4, -0.2) is 25.8 Å². The minimum Gasteiger partial charge on any atom is -0.266 e. The molecular formula is C5H13NO2S2. The fourth-order valence-corrected chi connectivity index (χ4v) is 2.56. The number of hydrogen-bond acceptors (Lipinski definition) is 4. The van der Waals surface area contributed by atoms with E-state index in [0.717, 1.165) is 0 Å². The molecule has 0 bridgehead atoms. The van der Waals surface area contributed by atoms with Crippen molar-refractivity contribution in [2.24, 2.45) is 0 Å². The summed E-state index contributed by atoms with van der Waals surface area (Å²) in [6.45, 7) is 3.34. The van der Waals surface area contributed by atoms with Crippen LogP contribution in [0.5, 0.6) is 0 Å². The van der Waals surface area contributed by atoms with Gasteiger partial charge < -0.3 is 0 Å². The first kappa shape index (κ1) is 10.3. The van der Waals surface area contributed by atoms with Crippen LogP contribution in [0.1, 0.15) is 13.8 Å². The largest absolute Gasteiger partial charge is 0.266 e. The van der Waals surface area contributed by atoms with Gasteiger partial charge >= 0.3 is 0 Å². The lowest BCUT2D eigenvalue weighted by atomic mass is 10.9. The van der Waals surface area contributed by atoms with Gasteiger partial charge in [-0.1, -0.05) is 18.9 Å². The monoisotopic (exact) mass is 183 g/mol. The summed E-state index contributed by atoms with van der Waals surface area (Å²) in [5.74, 6) is 0.211. The zero-order valence-electron chi connectivity index (χ0n) is 6.42. The Kier molecular flexibility index (Phi) is 4.31. The van der Waals surface area contributed by atoms with E-state index in [1.807, 2.05) is 0 Å². The summed E-state index contributed by atoms with van der Waals surface area (Å²) in [5.41, 5.74) is 0. The van der Waals surface area contributed by atoms with Crippen LogP contribution in [0.4, 0.5) is 0 Å². The molecule has 0 aromatic rings. The molecule has 0 heterocycles. The van der Waals surface area contributed by atoms with Gasteiger partial charge in [0.1, 0.15) is 4.58 Å². The Balaban J connectivity index is 4.06. The van der Waals surface area contributed by atoms with Crippen molar-refractivity contribution in [3.05, 3.63) is 0 Å². The highest BCUT2D eigenvalue weighted by molar-refractivity contribution is 8.12. The van der Waals surface area contributed by atoms with E-state index in [9.17, 15) is 8.42 Å². The molecule has 0 saturated carbocycles. The highest BCUT2D eigenvalue weighted by Crippen LogP contribution is 2.12. The predicted molar refractivity (Wildman–Crippen MR) is 45.6 cm³/mol. The maximum atomic E-state index is 11.0. The minimum absolute atomic E-state index is 0.211. The van der Waals surface area contributed by atoms with Crippen molar-refractivity contribution in [3.63, 3.8) is 0 Å². The zero-order valence-corrected chi connectivity index (χ0v) is 8.05. The average molecular weight is 183 g/mol. The first-order chi connectivity index (χ1) is 4.54. The molecule has 1 unspecified atom stereocenters. The molecule has 0 spiro atoms. The number of rotatable bonds is 4. The Hall–Kier alpha value is 0.260. The second kappa shape index (κ2) is 4.20. The molecule has 0 aliphatic heterocycles. The first-order valence-electron chi connectivity index (χ1n) is 3.08. The molecule has 0 saturated heterocycles. The van der Waals surface area contributed by atoms with E-state index < -0.39 is 9.84 Å². The van der Waals surface area contributed by atoms with Gasteiger partial charge in [-0.05, 0) is 14.0 Å². The van der Waals surface area contributed by atoms with Crippen LogP contribution in [-0.2, 0) is 9.84 Å². The molecule has 0 aromatic carbocycles. The van der Waals surface area contributed by atoms with Gasteiger partial charge in [-0.15, -0.1) is 0 Å². The van der Waals surface area contributed by atoms with Crippen molar-refractivity contribution >= 4 is 21.8 Å². The minimum atomic E-state index is -2.86. The van der Waals surface area contributed by atoms with Crippen molar-refractivity contribution in [2.45, 2.75) is 18.4 Å². The summed E-state index contributed by atoms with van der Waals surface area (Å²) in [6, 6.07) is 0. The third-order valence-corrected chi connectivity index (χ3v) is 4.74. The fraction of sp³-hybridized carbons (Fsp3) is 1.00. The lowest BCUT2D eigenvalue weighted by Crippen LogP contribution is -2.19. The third kappa shape index (κ3) is 2.90. The van der Waals surface area contributed by atoms with E-state index in [1.54, 1.807) is 20.9 Å². The summed E-state index contributed by atoms with van der Waals surface area (Å²) >= 11 is 1.22. The van der Waals surface area contributed by atoms with Gasteiger partial charge in [-0.3, -0.25) is 4.72 Å².